The van der Waals surface area contributed by atoms with Gasteiger partial charge in [-0.2, -0.15) is 0 Å². The highest BCUT2D eigenvalue weighted by Gasteiger charge is 2.36. The monoisotopic (exact) mass is 273 g/mol. The van der Waals surface area contributed by atoms with Gasteiger partial charge in [0.15, 0.2) is 0 Å². The molecule has 20 heavy (non-hydrogen) atoms. The molecule has 2 aliphatic rings. The quantitative estimate of drug-likeness (QED) is 0.795. The van der Waals surface area contributed by atoms with Crippen LogP contribution in [-0.4, -0.2) is 47.9 Å². The first-order chi connectivity index (χ1) is 9.56. The highest BCUT2D eigenvalue weighted by atomic mass is 16.2. The van der Waals surface area contributed by atoms with Gasteiger partial charge in [-0.15, -0.1) is 0 Å². The third kappa shape index (κ3) is 2.29. The zero-order chi connectivity index (χ0) is 14.3. The standard InChI is InChI=1S/C16H23N3O/c1-11-3-6-14(15(17)9-11)16(20)19-8-7-12-4-5-13(10-19)18(12)2/h3,6,9,12-13H,4-5,7-8,10,17H2,1-2H3. The Labute approximate surface area is 120 Å². The van der Waals surface area contributed by atoms with E-state index in [9.17, 15) is 4.79 Å². The third-order valence-corrected chi connectivity index (χ3v) is 4.87. The van der Waals surface area contributed by atoms with Crippen LogP contribution in [0, 0.1) is 6.92 Å². The molecule has 0 spiro atoms. The Kier molecular flexibility index (Phi) is 3.42. The molecular weight excluding hydrogens is 250 g/mol. The number of carbonyl (C=O) groups is 1. The highest BCUT2D eigenvalue weighted by molar-refractivity contribution is 5.99. The minimum Gasteiger partial charge on any atom is -0.398 e. The summed E-state index contributed by atoms with van der Waals surface area (Å²) in [6, 6.07) is 6.86. The van der Waals surface area contributed by atoms with Crippen molar-refractivity contribution in [3.63, 3.8) is 0 Å². The summed E-state index contributed by atoms with van der Waals surface area (Å²) in [4.78, 5) is 17.1. The summed E-state index contributed by atoms with van der Waals surface area (Å²) in [5.41, 5.74) is 8.35. The minimum absolute atomic E-state index is 0.0865. The zero-order valence-electron chi connectivity index (χ0n) is 12.3. The number of likely N-dealkylation sites (tertiary alicyclic amines) is 1. The maximum Gasteiger partial charge on any atom is 0.255 e. The summed E-state index contributed by atoms with van der Waals surface area (Å²) in [6.07, 6.45) is 3.55. The van der Waals surface area contributed by atoms with Crippen LogP contribution in [0.4, 0.5) is 5.69 Å². The third-order valence-electron chi connectivity index (χ3n) is 4.87. The molecule has 4 nitrogen and oxygen atoms in total. The van der Waals surface area contributed by atoms with E-state index in [0.29, 0.717) is 23.3 Å². The van der Waals surface area contributed by atoms with Crippen molar-refractivity contribution >= 4 is 11.6 Å². The lowest BCUT2D eigenvalue weighted by Crippen LogP contribution is -2.39. The molecule has 0 aliphatic carbocycles. The molecule has 4 heteroatoms. The number of nitrogens with zero attached hydrogens (tertiary/aromatic N) is 2. The fraction of sp³-hybridized carbons (Fsp3) is 0.562. The summed E-state index contributed by atoms with van der Waals surface area (Å²) in [5, 5.41) is 0. The Balaban J connectivity index is 1.80. The Morgan fingerprint density at radius 3 is 2.75 bits per heavy atom. The number of nitrogens with two attached hydrogens (primary N) is 1. The van der Waals surface area contributed by atoms with Crippen molar-refractivity contribution < 1.29 is 4.79 Å². The van der Waals surface area contributed by atoms with Crippen LogP contribution in [-0.2, 0) is 0 Å². The van der Waals surface area contributed by atoms with Crippen molar-refractivity contribution in [2.24, 2.45) is 0 Å². The number of nitrogen functional groups attached to an aromatic ring is 1. The van der Waals surface area contributed by atoms with Crippen LogP contribution in [0.2, 0.25) is 0 Å². The second-order valence-electron chi connectivity index (χ2n) is 6.18. The maximum atomic E-state index is 12.7. The fourth-order valence-corrected chi connectivity index (χ4v) is 3.54. The molecule has 2 unspecified atom stereocenters. The number of aryl methyl sites for hydroxylation is 1. The van der Waals surface area contributed by atoms with Gasteiger partial charge in [0.05, 0.1) is 5.56 Å². The lowest BCUT2D eigenvalue weighted by molar-refractivity contribution is 0.0741. The van der Waals surface area contributed by atoms with E-state index in [-0.39, 0.29) is 5.91 Å². The van der Waals surface area contributed by atoms with Gasteiger partial charge >= 0.3 is 0 Å². The molecule has 0 radical (unpaired) electrons. The number of hydrogen-bond acceptors (Lipinski definition) is 3. The Morgan fingerprint density at radius 2 is 2.00 bits per heavy atom. The molecule has 2 heterocycles. The molecule has 1 aromatic carbocycles. The van der Waals surface area contributed by atoms with Crippen molar-refractivity contribution in [1.29, 1.82) is 0 Å². The van der Waals surface area contributed by atoms with Crippen LogP contribution in [0.15, 0.2) is 18.2 Å². The first-order valence-corrected chi connectivity index (χ1v) is 7.43. The van der Waals surface area contributed by atoms with Gasteiger partial charge in [-0.05, 0) is 50.9 Å². The second-order valence-corrected chi connectivity index (χ2v) is 6.18. The number of benzene rings is 1. The van der Waals surface area contributed by atoms with E-state index in [4.69, 9.17) is 5.73 Å². The molecule has 2 aliphatic heterocycles. The summed E-state index contributed by atoms with van der Waals surface area (Å²) in [6.45, 7) is 3.67. The van der Waals surface area contributed by atoms with Crippen molar-refractivity contribution in [2.45, 2.75) is 38.3 Å². The van der Waals surface area contributed by atoms with E-state index < -0.39 is 0 Å². The lowest BCUT2D eigenvalue weighted by atomic mass is 10.1. The number of rotatable bonds is 1. The van der Waals surface area contributed by atoms with E-state index in [1.165, 1.54) is 12.8 Å². The predicted octanol–water partition coefficient (Wildman–Crippen LogP) is 1.89. The van der Waals surface area contributed by atoms with Gasteiger partial charge in [-0.3, -0.25) is 9.69 Å². The molecule has 3 rings (SSSR count). The number of amides is 1. The Morgan fingerprint density at radius 1 is 1.25 bits per heavy atom. The van der Waals surface area contributed by atoms with Crippen LogP contribution < -0.4 is 5.73 Å². The average molecular weight is 273 g/mol. The Hall–Kier alpha value is -1.55. The lowest BCUT2D eigenvalue weighted by Gasteiger charge is -2.26. The molecule has 108 valence electrons. The van der Waals surface area contributed by atoms with E-state index >= 15 is 0 Å². The normalized spacial score (nSPS) is 26.6. The molecule has 2 bridgehead atoms. The van der Waals surface area contributed by atoms with Gasteiger partial charge in [0.1, 0.15) is 0 Å². The molecule has 2 atom stereocenters. The highest BCUT2D eigenvalue weighted by Crippen LogP contribution is 2.29. The fourth-order valence-electron chi connectivity index (χ4n) is 3.54. The summed E-state index contributed by atoms with van der Waals surface area (Å²) in [7, 11) is 2.19. The van der Waals surface area contributed by atoms with Crippen molar-refractivity contribution in [2.75, 3.05) is 25.9 Å². The van der Waals surface area contributed by atoms with E-state index in [0.717, 1.165) is 25.1 Å². The second kappa shape index (κ2) is 5.09. The molecule has 0 aromatic heterocycles. The van der Waals surface area contributed by atoms with Crippen molar-refractivity contribution in [1.82, 2.24) is 9.80 Å². The first kappa shape index (κ1) is 13.4. The number of anilines is 1. The van der Waals surface area contributed by atoms with Crippen molar-refractivity contribution in [3.8, 4) is 0 Å². The first-order valence-electron chi connectivity index (χ1n) is 7.43. The number of carbonyl (C=O) groups excluding carboxylic acids is 1. The largest absolute Gasteiger partial charge is 0.398 e. The van der Waals surface area contributed by atoms with Crippen LogP contribution in [0.3, 0.4) is 0 Å². The number of fused-ring (bicyclic) bond motifs is 2. The summed E-state index contributed by atoms with van der Waals surface area (Å²) >= 11 is 0. The van der Waals surface area contributed by atoms with Crippen LogP contribution in [0.25, 0.3) is 0 Å². The van der Waals surface area contributed by atoms with Crippen LogP contribution >= 0.6 is 0 Å². The SMILES string of the molecule is Cc1ccc(C(=O)N2CCC3CCC(C2)N3C)c(N)c1. The zero-order valence-corrected chi connectivity index (χ0v) is 12.3. The van der Waals surface area contributed by atoms with Crippen LogP contribution in [0.5, 0.6) is 0 Å². The molecular formula is C16H23N3O. The molecule has 1 amide bonds. The topological polar surface area (TPSA) is 49.6 Å². The minimum atomic E-state index is 0.0865. The molecule has 1 aromatic rings. The number of likely N-dealkylation sites (N-methyl/N-ethyl adjacent to an activating group) is 1. The average Bonchev–Trinajstić information content (AvgIpc) is 2.62. The van der Waals surface area contributed by atoms with Gasteiger partial charge in [0.2, 0.25) is 0 Å². The Bertz CT molecular complexity index is 528. The van der Waals surface area contributed by atoms with E-state index in [1.807, 2.05) is 30.0 Å². The van der Waals surface area contributed by atoms with Crippen molar-refractivity contribution in [3.05, 3.63) is 29.3 Å². The van der Waals surface area contributed by atoms with Crippen LogP contribution in [0.1, 0.15) is 35.2 Å². The predicted molar refractivity (Wildman–Crippen MR) is 80.7 cm³/mol. The van der Waals surface area contributed by atoms with Gasteiger partial charge < -0.3 is 10.6 Å². The smallest absolute Gasteiger partial charge is 0.255 e. The number of hydrogen-bond donors (Lipinski definition) is 1. The van der Waals surface area contributed by atoms with Gasteiger partial charge in [0, 0.05) is 30.9 Å². The van der Waals surface area contributed by atoms with E-state index in [1.54, 1.807) is 0 Å². The van der Waals surface area contributed by atoms with Gasteiger partial charge in [0.25, 0.3) is 5.91 Å². The molecule has 2 fully saturated rings. The summed E-state index contributed by atoms with van der Waals surface area (Å²) in [5.74, 6) is 0.0865. The van der Waals surface area contributed by atoms with Gasteiger partial charge in [-0.1, -0.05) is 6.07 Å². The van der Waals surface area contributed by atoms with Gasteiger partial charge in [-0.25, -0.2) is 0 Å². The van der Waals surface area contributed by atoms with E-state index in [2.05, 4.69) is 11.9 Å². The maximum absolute atomic E-state index is 12.7. The summed E-state index contributed by atoms with van der Waals surface area (Å²) < 4.78 is 0. The molecule has 0 saturated carbocycles. The molecule has 2 N–H and O–H groups in total. The molecule has 2 saturated heterocycles.